The molecule has 0 saturated heterocycles. The fourth-order valence-electron chi connectivity index (χ4n) is 1.02. The fraction of sp³-hybridized carbons (Fsp3) is 0.167. The van der Waals surface area contributed by atoms with Gasteiger partial charge in [0.15, 0.2) is 0 Å². The van der Waals surface area contributed by atoms with Gasteiger partial charge in [-0.2, -0.15) is 0 Å². The molecule has 72 valence electrons. The van der Waals surface area contributed by atoms with Crippen LogP contribution in [0, 0.1) is 35.0 Å². The number of hydrogen-bond donors (Lipinski definition) is 0. The van der Waals surface area contributed by atoms with Crippen molar-refractivity contribution in [3.63, 3.8) is 0 Å². The van der Waals surface area contributed by atoms with E-state index in [1.807, 2.05) is 42.5 Å². The molecule has 1 aromatic carbocycles. The second kappa shape index (κ2) is 5.23. The van der Waals surface area contributed by atoms with Crippen LogP contribution in [0.3, 0.4) is 0 Å². The van der Waals surface area contributed by atoms with E-state index in [-0.39, 0.29) is 21.4 Å². The summed E-state index contributed by atoms with van der Waals surface area (Å²) in [6.07, 6.45) is 5.37. The predicted molar refractivity (Wildman–Crippen MR) is 59.2 cm³/mol. The summed E-state index contributed by atoms with van der Waals surface area (Å²) in [7, 11) is 0. The molecule has 0 aromatic heterocycles. The number of benzene rings is 1. The number of hydrogen-bond acceptors (Lipinski definition) is 2. The minimum atomic E-state index is -1.02. The Labute approximate surface area is 95.7 Å². The first kappa shape index (κ1) is 11.4. The van der Waals surface area contributed by atoms with Crippen LogP contribution in [-0.2, 0) is 0 Å². The van der Waals surface area contributed by atoms with Crippen LogP contribution in [0.1, 0.15) is 6.42 Å². The zero-order valence-corrected chi connectivity index (χ0v) is 9.69. The third-order valence-corrected chi connectivity index (χ3v) is 4.23. The Kier molecular flexibility index (Phi) is 3.96. The number of terminal acetylenes is 1. The molecule has 0 saturated carbocycles. The Morgan fingerprint density at radius 1 is 1.20 bits per heavy atom. The molecule has 15 heavy (non-hydrogen) atoms. The summed E-state index contributed by atoms with van der Waals surface area (Å²) in [5.74, 6) is 2.40. The van der Waals surface area contributed by atoms with Crippen molar-refractivity contribution in [3.8, 4) is 24.5 Å². The van der Waals surface area contributed by atoms with Crippen molar-refractivity contribution < 1.29 is 0 Å². The molecule has 0 amide bonds. The molecule has 0 aliphatic carbocycles. The Balaban J connectivity index is 2.92. The van der Waals surface area contributed by atoms with Gasteiger partial charge in [0.1, 0.15) is 0 Å². The molecule has 0 aliphatic heterocycles. The molecule has 0 bridgehead atoms. The van der Waals surface area contributed by atoms with Crippen LogP contribution in [0.15, 0.2) is 30.3 Å². The van der Waals surface area contributed by atoms with Crippen molar-refractivity contribution >= 4 is 19.4 Å². The van der Waals surface area contributed by atoms with Gasteiger partial charge in [-0.1, -0.05) is 0 Å². The Bertz CT molecular complexity index is 431. The van der Waals surface area contributed by atoms with E-state index in [0.717, 1.165) is 4.46 Å². The van der Waals surface area contributed by atoms with Crippen molar-refractivity contribution in [2.45, 2.75) is 10.7 Å². The second-order valence-electron chi connectivity index (χ2n) is 2.85. The van der Waals surface area contributed by atoms with E-state index in [4.69, 9.17) is 16.9 Å². The molecule has 3 heteroatoms. The van der Waals surface area contributed by atoms with Crippen molar-refractivity contribution in [2.75, 3.05) is 0 Å². The number of nitrogens with zero attached hydrogens (tertiary/aromatic N) is 2. The van der Waals surface area contributed by atoms with Crippen molar-refractivity contribution in [1.82, 2.24) is 0 Å². The fourth-order valence-corrected chi connectivity index (χ4v) is 3.00. The van der Waals surface area contributed by atoms with E-state index in [2.05, 4.69) is 5.92 Å². The molecule has 0 spiro atoms. The third-order valence-electron chi connectivity index (χ3n) is 1.75. The summed E-state index contributed by atoms with van der Waals surface area (Å²) in [6, 6.07) is 13.6. The number of nitriles is 2. The second-order valence-corrected chi connectivity index (χ2v) is 5.73. The van der Waals surface area contributed by atoms with Gasteiger partial charge in [0.05, 0.1) is 0 Å². The summed E-state index contributed by atoms with van der Waals surface area (Å²) in [5, 5.41) is 18.0. The monoisotopic (exact) mass is 260 g/mol. The predicted octanol–water partition coefficient (Wildman–Crippen LogP) is 1.25. The number of rotatable bonds is 3. The van der Waals surface area contributed by atoms with Crippen LogP contribution in [-0.4, -0.2) is 15.0 Å². The summed E-state index contributed by atoms with van der Waals surface area (Å²) < 4.78 is -0.00771. The minimum absolute atomic E-state index is 0.189. The Morgan fingerprint density at radius 2 is 1.80 bits per heavy atom. The van der Waals surface area contributed by atoms with E-state index in [0.29, 0.717) is 0 Å². The van der Waals surface area contributed by atoms with Crippen LogP contribution in [0.5, 0.6) is 0 Å². The summed E-state index contributed by atoms with van der Waals surface area (Å²) in [5.41, 5.74) is 0. The molecule has 0 heterocycles. The summed E-state index contributed by atoms with van der Waals surface area (Å²) in [4.78, 5) is 0. The average molecular weight is 259 g/mol. The SMILES string of the molecule is C#CCC(C#N)(C#N)[Se]c1ccccc1. The molecule has 0 aliphatic rings. The van der Waals surface area contributed by atoms with Gasteiger partial charge in [0.2, 0.25) is 0 Å². The Hall–Kier alpha value is -1.72. The van der Waals surface area contributed by atoms with Crippen LogP contribution >= 0.6 is 0 Å². The molecular weight excluding hydrogens is 251 g/mol. The molecule has 2 nitrogen and oxygen atoms in total. The summed E-state index contributed by atoms with van der Waals surface area (Å²) in [6.45, 7) is 0. The van der Waals surface area contributed by atoms with Crippen molar-refractivity contribution in [1.29, 1.82) is 10.5 Å². The maximum absolute atomic E-state index is 9.02. The van der Waals surface area contributed by atoms with Gasteiger partial charge >= 0.3 is 95.5 Å². The molecule has 1 aromatic rings. The quantitative estimate of drug-likeness (QED) is 0.605. The van der Waals surface area contributed by atoms with Crippen LogP contribution in [0.25, 0.3) is 0 Å². The normalized spacial score (nSPS) is 9.67. The van der Waals surface area contributed by atoms with Gasteiger partial charge in [-0.05, 0) is 0 Å². The standard InChI is InChI=1S/C12H8N2Se/c1-2-8-12(9-13,10-14)15-11-6-4-3-5-7-11/h1,3-7H,8H2. The van der Waals surface area contributed by atoms with Crippen LogP contribution in [0.2, 0.25) is 4.31 Å². The van der Waals surface area contributed by atoms with E-state index >= 15 is 0 Å². The Morgan fingerprint density at radius 3 is 2.27 bits per heavy atom. The molecule has 1 rings (SSSR count). The van der Waals surface area contributed by atoms with E-state index < -0.39 is 4.31 Å². The molecule has 0 atom stereocenters. The van der Waals surface area contributed by atoms with Crippen molar-refractivity contribution in [2.24, 2.45) is 0 Å². The molecule has 0 unspecified atom stereocenters. The van der Waals surface area contributed by atoms with Gasteiger partial charge < -0.3 is 0 Å². The molecule has 0 fully saturated rings. The van der Waals surface area contributed by atoms with Gasteiger partial charge in [0.25, 0.3) is 0 Å². The van der Waals surface area contributed by atoms with Gasteiger partial charge in [-0.15, -0.1) is 0 Å². The zero-order valence-electron chi connectivity index (χ0n) is 7.97. The van der Waals surface area contributed by atoms with Crippen LogP contribution < -0.4 is 4.46 Å². The molecular formula is C12H8N2Se. The topological polar surface area (TPSA) is 47.6 Å². The molecule has 0 N–H and O–H groups in total. The third kappa shape index (κ3) is 2.87. The van der Waals surface area contributed by atoms with Gasteiger partial charge in [-0.25, -0.2) is 0 Å². The first-order valence-corrected chi connectivity index (χ1v) is 5.97. The van der Waals surface area contributed by atoms with E-state index in [1.54, 1.807) is 0 Å². The van der Waals surface area contributed by atoms with E-state index in [9.17, 15) is 0 Å². The average Bonchev–Trinajstić information content (AvgIpc) is 2.30. The summed E-state index contributed by atoms with van der Waals surface area (Å²) >= 11 is -0.232. The van der Waals surface area contributed by atoms with Crippen molar-refractivity contribution in [3.05, 3.63) is 30.3 Å². The van der Waals surface area contributed by atoms with Gasteiger partial charge in [-0.3, -0.25) is 0 Å². The zero-order chi connectivity index (χ0) is 11.1. The molecule has 0 radical (unpaired) electrons. The first-order valence-electron chi connectivity index (χ1n) is 4.26. The van der Waals surface area contributed by atoms with Crippen LogP contribution in [0.4, 0.5) is 0 Å². The van der Waals surface area contributed by atoms with E-state index in [1.165, 1.54) is 0 Å². The first-order chi connectivity index (χ1) is 7.26. The maximum atomic E-state index is 9.02. The van der Waals surface area contributed by atoms with Gasteiger partial charge in [0, 0.05) is 0 Å².